The van der Waals surface area contributed by atoms with Crippen LogP contribution in [0, 0.1) is 6.92 Å². The van der Waals surface area contributed by atoms with Crippen molar-refractivity contribution >= 4 is 5.97 Å². The topological polar surface area (TPSA) is 26.3 Å². The molecule has 1 atom stereocenters. The Morgan fingerprint density at radius 1 is 1.40 bits per heavy atom. The number of alkyl halides is 1. The number of aryl methyl sites for hydroxylation is 1. The number of carbonyl (C=O) groups excluding carboxylic acids is 1. The summed E-state index contributed by atoms with van der Waals surface area (Å²) in [6, 6.07) is 6.83. The summed E-state index contributed by atoms with van der Waals surface area (Å²) in [5.41, 5.74) is 1.27. The molecule has 1 unspecified atom stereocenters. The molecule has 0 radical (unpaired) electrons. The molecule has 0 aliphatic heterocycles. The molecular weight excluding hydrogens is 195 g/mol. The molecule has 80 valence electrons. The van der Waals surface area contributed by atoms with Crippen LogP contribution < -0.4 is 0 Å². The van der Waals surface area contributed by atoms with Gasteiger partial charge in [-0.25, -0.2) is 9.18 Å². The molecule has 0 N–H and O–H groups in total. The second-order valence-electron chi connectivity index (χ2n) is 3.29. The molecule has 0 fully saturated rings. The number of benzene rings is 1. The van der Waals surface area contributed by atoms with Crippen LogP contribution in [-0.2, 0) is 9.53 Å². The van der Waals surface area contributed by atoms with E-state index in [0.29, 0.717) is 5.56 Å². The van der Waals surface area contributed by atoms with Gasteiger partial charge in [0.1, 0.15) is 0 Å². The van der Waals surface area contributed by atoms with Crippen molar-refractivity contribution in [1.82, 2.24) is 0 Å². The van der Waals surface area contributed by atoms with Gasteiger partial charge in [0.2, 0.25) is 0 Å². The summed E-state index contributed by atoms with van der Waals surface area (Å²) in [4.78, 5) is 11.0. The van der Waals surface area contributed by atoms with Crippen LogP contribution in [0.4, 0.5) is 4.39 Å². The largest absolute Gasteiger partial charge is 0.466 e. The number of ether oxygens (including phenoxy) is 1. The molecule has 3 heteroatoms. The van der Waals surface area contributed by atoms with E-state index in [0.717, 1.165) is 5.56 Å². The maximum absolute atomic E-state index is 13.7. The van der Waals surface area contributed by atoms with E-state index in [2.05, 4.69) is 11.3 Å². The maximum atomic E-state index is 13.7. The predicted molar refractivity (Wildman–Crippen MR) is 56.2 cm³/mol. The van der Waals surface area contributed by atoms with Gasteiger partial charge in [0.05, 0.1) is 12.7 Å². The van der Waals surface area contributed by atoms with Gasteiger partial charge >= 0.3 is 5.97 Å². The fraction of sp³-hybridized carbons (Fsp3) is 0.250. The van der Waals surface area contributed by atoms with Crippen LogP contribution in [0.1, 0.15) is 17.3 Å². The Bertz CT molecular complexity index is 368. The quantitative estimate of drug-likeness (QED) is 0.564. The molecule has 0 saturated heterocycles. The zero-order valence-electron chi connectivity index (χ0n) is 8.79. The van der Waals surface area contributed by atoms with Crippen LogP contribution in [0.25, 0.3) is 0 Å². The number of hydrogen-bond donors (Lipinski definition) is 0. The summed E-state index contributed by atoms with van der Waals surface area (Å²) in [7, 11) is 1.20. The molecule has 0 bridgehead atoms. The first-order valence-electron chi connectivity index (χ1n) is 4.54. The minimum atomic E-state index is -1.50. The monoisotopic (exact) mass is 208 g/mol. The summed E-state index contributed by atoms with van der Waals surface area (Å²) < 4.78 is 18.1. The lowest BCUT2D eigenvalue weighted by Gasteiger charge is -2.09. The number of esters is 1. The van der Waals surface area contributed by atoms with Crippen LogP contribution in [-0.4, -0.2) is 13.1 Å². The van der Waals surface area contributed by atoms with Crippen LogP contribution in [0.2, 0.25) is 0 Å². The van der Waals surface area contributed by atoms with Gasteiger partial charge in [0.15, 0.2) is 6.17 Å². The van der Waals surface area contributed by atoms with Gasteiger partial charge in [0.25, 0.3) is 0 Å². The van der Waals surface area contributed by atoms with Crippen molar-refractivity contribution in [2.75, 3.05) is 7.11 Å². The number of methoxy groups -OCH3 is 1. The van der Waals surface area contributed by atoms with E-state index in [-0.39, 0.29) is 5.57 Å². The Labute approximate surface area is 88.4 Å². The summed E-state index contributed by atoms with van der Waals surface area (Å²) in [5, 5.41) is 0. The molecule has 1 aromatic carbocycles. The second-order valence-corrected chi connectivity index (χ2v) is 3.29. The predicted octanol–water partition coefficient (Wildman–Crippen LogP) is 2.73. The summed E-state index contributed by atoms with van der Waals surface area (Å²) in [6.45, 7) is 5.28. The van der Waals surface area contributed by atoms with E-state index in [9.17, 15) is 9.18 Å². The molecule has 0 heterocycles. The Morgan fingerprint density at radius 3 is 2.40 bits per heavy atom. The average Bonchev–Trinajstić information content (AvgIpc) is 2.27. The molecule has 0 aliphatic rings. The summed E-state index contributed by atoms with van der Waals surface area (Å²) in [6.07, 6.45) is -1.50. The standard InChI is InChI=1S/C12H13FO2/c1-8-4-6-10(7-5-8)11(13)9(2)12(14)15-3/h4-7,11H,2H2,1,3H3. The van der Waals surface area contributed by atoms with Crippen molar-refractivity contribution in [3.05, 3.63) is 47.5 Å². The van der Waals surface area contributed by atoms with Gasteiger partial charge in [0, 0.05) is 0 Å². The van der Waals surface area contributed by atoms with E-state index in [1.807, 2.05) is 6.92 Å². The van der Waals surface area contributed by atoms with E-state index in [4.69, 9.17) is 0 Å². The highest BCUT2D eigenvalue weighted by atomic mass is 19.1. The zero-order chi connectivity index (χ0) is 11.4. The molecular formula is C12H13FO2. The highest BCUT2D eigenvalue weighted by Crippen LogP contribution is 2.25. The van der Waals surface area contributed by atoms with Crippen LogP contribution in [0.15, 0.2) is 36.4 Å². The van der Waals surface area contributed by atoms with Crippen molar-refractivity contribution in [3.63, 3.8) is 0 Å². The van der Waals surface area contributed by atoms with Crippen LogP contribution >= 0.6 is 0 Å². The fourth-order valence-electron chi connectivity index (χ4n) is 1.17. The van der Waals surface area contributed by atoms with Crippen LogP contribution in [0.3, 0.4) is 0 Å². The van der Waals surface area contributed by atoms with Gasteiger partial charge in [-0.05, 0) is 12.5 Å². The van der Waals surface area contributed by atoms with Gasteiger partial charge in [-0.1, -0.05) is 36.4 Å². The summed E-state index contributed by atoms with van der Waals surface area (Å²) >= 11 is 0. The maximum Gasteiger partial charge on any atom is 0.336 e. The van der Waals surface area contributed by atoms with Crippen LogP contribution in [0.5, 0.6) is 0 Å². The highest BCUT2D eigenvalue weighted by Gasteiger charge is 2.20. The van der Waals surface area contributed by atoms with E-state index >= 15 is 0 Å². The number of rotatable bonds is 3. The van der Waals surface area contributed by atoms with E-state index < -0.39 is 12.1 Å². The molecule has 0 aliphatic carbocycles. The summed E-state index contributed by atoms with van der Waals surface area (Å²) in [5.74, 6) is -0.719. The van der Waals surface area contributed by atoms with Crippen molar-refractivity contribution in [2.24, 2.45) is 0 Å². The SMILES string of the molecule is C=C(C(=O)OC)C(F)c1ccc(C)cc1. The van der Waals surface area contributed by atoms with Gasteiger partial charge in [-0.3, -0.25) is 0 Å². The number of halogens is 1. The Balaban J connectivity index is 2.85. The normalized spacial score (nSPS) is 11.9. The highest BCUT2D eigenvalue weighted by molar-refractivity contribution is 5.89. The fourth-order valence-corrected chi connectivity index (χ4v) is 1.17. The Hall–Kier alpha value is -1.64. The van der Waals surface area contributed by atoms with Gasteiger partial charge in [-0.2, -0.15) is 0 Å². The molecule has 2 nitrogen and oxygen atoms in total. The average molecular weight is 208 g/mol. The second kappa shape index (κ2) is 4.73. The Kier molecular flexibility index (Phi) is 3.61. The molecule has 0 saturated carbocycles. The minimum Gasteiger partial charge on any atom is -0.466 e. The first-order chi connectivity index (χ1) is 7.06. The zero-order valence-corrected chi connectivity index (χ0v) is 8.79. The third-order valence-electron chi connectivity index (χ3n) is 2.12. The Morgan fingerprint density at radius 2 is 1.93 bits per heavy atom. The van der Waals surface area contributed by atoms with Crippen molar-refractivity contribution in [3.8, 4) is 0 Å². The lowest BCUT2D eigenvalue weighted by molar-refractivity contribution is -0.136. The number of carbonyl (C=O) groups is 1. The van der Waals surface area contributed by atoms with Gasteiger partial charge < -0.3 is 4.74 Å². The number of hydrogen-bond acceptors (Lipinski definition) is 2. The third kappa shape index (κ3) is 2.65. The lowest BCUT2D eigenvalue weighted by atomic mass is 10.0. The minimum absolute atomic E-state index is 0.179. The third-order valence-corrected chi connectivity index (χ3v) is 2.12. The van der Waals surface area contributed by atoms with E-state index in [1.165, 1.54) is 7.11 Å². The van der Waals surface area contributed by atoms with E-state index in [1.54, 1.807) is 24.3 Å². The molecule has 0 spiro atoms. The first-order valence-corrected chi connectivity index (χ1v) is 4.54. The molecule has 1 rings (SSSR count). The molecule has 0 aromatic heterocycles. The first kappa shape index (κ1) is 11.4. The van der Waals surface area contributed by atoms with Gasteiger partial charge in [-0.15, -0.1) is 0 Å². The van der Waals surface area contributed by atoms with Crippen molar-refractivity contribution in [1.29, 1.82) is 0 Å². The lowest BCUT2D eigenvalue weighted by Crippen LogP contribution is -2.09. The smallest absolute Gasteiger partial charge is 0.336 e. The van der Waals surface area contributed by atoms with Crippen molar-refractivity contribution < 1.29 is 13.9 Å². The van der Waals surface area contributed by atoms with Crippen molar-refractivity contribution in [2.45, 2.75) is 13.1 Å². The molecule has 15 heavy (non-hydrogen) atoms. The molecule has 0 amide bonds. The molecule has 1 aromatic rings.